The fourth-order valence-corrected chi connectivity index (χ4v) is 4.25. The van der Waals surface area contributed by atoms with Crippen molar-refractivity contribution in [3.8, 4) is 0 Å². The Balaban J connectivity index is 0.000000331. The summed E-state index contributed by atoms with van der Waals surface area (Å²) in [5.41, 5.74) is 4.35. The van der Waals surface area contributed by atoms with E-state index >= 15 is 0 Å². The van der Waals surface area contributed by atoms with E-state index in [9.17, 15) is 9.59 Å². The molecule has 0 fully saturated rings. The number of esters is 2. The molecule has 2 rings (SSSR count). The van der Waals surface area contributed by atoms with Gasteiger partial charge in [-0.3, -0.25) is 0 Å². The van der Waals surface area contributed by atoms with Crippen LogP contribution in [-0.4, -0.2) is 33.1 Å². The minimum atomic E-state index is -0.463. The molecule has 0 spiro atoms. The fraction of sp³-hybridized carbons (Fsp3) is 0.615. The average molecular weight is 573 g/mol. The molecule has 0 aliphatic carbocycles. The Morgan fingerprint density at radius 3 is 1.67 bits per heavy atom. The van der Waals surface area contributed by atoms with Crippen molar-refractivity contribution in [1.29, 1.82) is 0 Å². The number of carbonyl (C=O) groups excluding carboxylic acids is 2. The van der Waals surface area contributed by atoms with Crippen LogP contribution >= 0.6 is 22.6 Å². The lowest BCUT2D eigenvalue weighted by atomic mass is 10.0. The van der Waals surface area contributed by atoms with Crippen LogP contribution in [0.2, 0.25) is 0 Å². The third-order valence-corrected chi connectivity index (χ3v) is 5.93. The van der Waals surface area contributed by atoms with Gasteiger partial charge < -0.3 is 19.4 Å². The summed E-state index contributed by atoms with van der Waals surface area (Å²) in [5.74, 6) is 0.0679. The molecule has 6 nitrogen and oxygen atoms in total. The number of H-pyrrole nitrogens is 2. The maximum Gasteiger partial charge on any atom is 0.355 e. The molecule has 0 aromatic carbocycles. The monoisotopic (exact) mass is 572 g/mol. The van der Waals surface area contributed by atoms with Gasteiger partial charge >= 0.3 is 11.9 Å². The molecule has 7 heteroatoms. The zero-order valence-electron chi connectivity index (χ0n) is 22.2. The number of aromatic amines is 2. The molecule has 0 aliphatic heterocycles. The first-order chi connectivity index (χ1) is 14.8. The first kappa shape index (κ1) is 29.3. The minimum absolute atomic E-state index is 0.271. The third-order valence-electron chi connectivity index (χ3n) is 4.54. The zero-order chi connectivity index (χ0) is 25.9. The van der Waals surface area contributed by atoms with Crippen LogP contribution in [0.4, 0.5) is 0 Å². The second-order valence-electron chi connectivity index (χ2n) is 10.9. The number of carbonyl (C=O) groups is 2. The van der Waals surface area contributed by atoms with Gasteiger partial charge in [-0.2, -0.15) is 0 Å². The highest BCUT2D eigenvalue weighted by atomic mass is 127. The number of hydrogen-bond donors (Lipinski definition) is 2. The first-order valence-corrected chi connectivity index (χ1v) is 12.5. The predicted octanol–water partition coefficient (Wildman–Crippen LogP) is 7.41. The summed E-state index contributed by atoms with van der Waals surface area (Å²) in [5, 5.41) is 0. The van der Waals surface area contributed by atoms with E-state index in [1.165, 1.54) is 0 Å². The van der Waals surface area contributed by atoms with Crippen LogP contribution in [0.5, 0.6) is 0 Å². The van der Waals surface area contributed by atoms with Gasteiger partial charge in [0.15, 0.2) is 0 Å². The molecule has 0 aliphatic rings. The topological polar surface area (TPSA) is 84.2 Å². The van der Waals surface area contributed by atoms with Gasteiger partial charge in [0.05, 0.1) is 0 Å². The number of aromatic nitrogens is 2. The molecule has 0 radical (unpaired) electrons. The Labute approximate surface area is 212 Å². The Morgan fingerprint density at radius 2 is 1.27 bits per heavy atom. The van der Waals surface area contributed by atoms with Crippen LogP contribution < -0.4 is 0 Å². The fourth-order valence-electron chi connectivity index (χ4n) is 3.22. The summed E-state index contributed by atoms with van der Waals surface area (Å²) in [7, 11) is 0. The lowest BCUT2D eigenvalue weighted by Gasteiger charge is -2.20. The largest absolute Gasteiger partial charge is 0.455 e. The molecule has 2 N–H and O–H groups in total. The van der Waals surface area contributed by atoms with Gasteiger partial charge in [0.25, 0.3) is 0 Å². The molecule has 0 amide bonds. The smallest absolute Gasteiger partial charge is 0.355 e. The van der Waals surface area contributed by atoms with E-state index in [0.29, 0.717) is 23.2 Å². The minimum Gasteiger partial charge on any atom is -0.455 e. The van der Waals surface area contributed by atoms with Gasteiger partial charge in [-0.15, -0.1) is 0 Å². The van der Waals surface area contributed by atoms with Crippen LogP contribution in [0.25, 0.3) is 0 Å². The molecular weight excluding hydrogens is 531 g/mol. The number of ether oxygens (including phenoxy) is 2. The highest BCUT2D eigenvalue weighted by Crippen LogP contribution is 2.29. The molecule has 186 valence electrons. The van der Waals surface area contributed by atoms with Gasteiger partial charge in [0.2, 0.25) is 0 Å². The number of hydrogen-bond acceptors (Lipinski definition) is 4. The van der Waals surface area contributed by atoms with Crippen molar-refractivity contribution in [2.75, 3.05) is 0 Å². The number of aryl methyl sites for hydroxylation is 2. The van der Waals surface area contributed by atoms with E-state index in [4.69, 9.17) is 9.47 Å². The van der Waals surface area contributed by atoms with Crippen LogP contribution in [0.3, 0.4) is 0 Å². The van der Waals surface area contributed by atoms with E-state index in [1.807, 2.05) is 61.5 Å². The molecule has 0 atom stereocenters. The highest BCUT2D eigenvalue weighted by Gasteiger charge is 2.26. The SMILES string of the molecule is Cc1[nH]c(C(=O)OC(C)(C)C)c(C(C)C)c1I.Cc1cc(C(C)C)c(C(=O)OC(C)(C)C)[nH]1. The molecule has 0 bridgehead atoms. The van der Waals surface area contributed by atoms with E-state index in [2.05, 4.69) is 60.3 Å². The van der Waals surface area contributed by atoms with E-state index < -0.39 is 11.2 Å². The maximum absolute atomic E-state index is 12.1. The quantitative estimate of drug-likeness (QED) is 0.295. The van der Waals surface area contributed by atoms with Crippen LogP contribution in [-0.2, 0) is 9.47 Å². The van der Waals surface area contributed by atoms with Crippen molar-refractivity contribution in [2.45, 2.75) is 106 Å². The molecule has 0 unspecified atom stereocenters. The van der Waals surface area contributed by atoms with Crippen LogP contribution in [0.1, 0.15) is 125 Å². The summed E-state index contributed by atoms with van der Waals surface area (Å²) in [6.45, 7) is 23.5. The predicted molar refractivity (Wildman–Crippen MR) is 142 cm³/mol. The average Bonchev–Trinajstić information content (AvgIpc) is 3.13. The van der Waals surface area contributed by atoms with Gasteiger partial charge in [0, 0.05) is 20.5 Å². The molecular formula is C26H41IN2O4. The van der Waals surface area contributed by atoms with Gasteiger partial charge in [-0.05, 0) is 101 Å². The Bertz CT molecular complexity index is 970. The summed E-state index contributed by atoms with van der Waals surface area (Å²) in [6.07, 6.45) is 0. The van der Waals surface area contributed by atoms with E-state index in [1.54, 1.807) is 0 Å². The summed E-state index contributed by atoms with van der Waals surface area (Å²) < 4.78 is 11.9. The Hall–Kier alpha value is -1.77. The van der Waals surface area contributed by atoms with Crippen molar-refractivity contribution < 1.29 is 19.1 Å². The molecule has 2 aromatic heterocycles. The van der Waals surface area contributed by atoms with Gasteiger partial charge in [0.1, 0.15) is 22.6 Å². The van der Waals surface area contributed by atoms with Crippen molar-refractivity contribution in [3.05, 3.63) is 43.5 Å². The maximum atomic E-state index is 12.1. The van der Waals surface area contributed by atoms with Crippen molar-refractivity contribution in [1.82, 2.24) is 9.97 Å². The summed E-state index contributed by atoms with van der Waals surface area (Å²) in [4.78, 5) is 30.2. The highest BCUT2D eigenvalue weighted by molar-refractivity contribution is 14.1. The molecule has 2 heterocycles. The lowest BCUT2D eigenvalue weighted by molar-refractivity contribution is 0.00495. The van der Waals surface area contributed by atoms with Crippen LogP contribution in [0, 0.1) is 17.4 Å². The standard InChI is InChI=1S/C13H20INO2.C13H21NO2/c1-7(2)9-10(14)8(3)15-11(9)12(16)17-13(4,5)6;1-8(2)10-7-9(3)14-11(10)12(15)16-13(4,5)6/h7,15H,1-6H3;7-8,14H,1-6H3. The first-order valence-electron chi connectivity index (χ1n) is 11.4. The van der Waals surface area contributed by atoms with Gasteiger partial charge in [-0.1, -0.05) is 27.7 Å². The number of nitrogens with one attached hydrogen (secondary N) is 2. The van der Waals surface area contributed by atoms with Crippen LogP contribution in [0.15, 0.2) is 6.07 Å². The molecule has 0 saturated carbocycles. The number of rotatable bonds is 4. The van der Waals surface area contributed by atoms with Crippen molar-refractivity contribution >= 4 is 34.5 Å². The molecule has 33 heavy (non-hydrogen) atoms. The third kappa shape index (κ3) is 8.83. The van der Waals surface area contributed by atoms with Crippen molar-refractivity contribution in [2.24, 2.45) is 0 Å². The normalized spacial score (nSPS) is 12.0. The number of halogens is 1. The van der Waals surface area contributed by atoms with Crippen molar-refractivity contribution in [3.63, 3.8) is 0 Å². The zero-order valence-corrected chi connectivity index (χ0v) is 24.4. The molecule has 0 saturated heterocycles. The molecule has 2 aromatic rings. The summed E-state index contributed by atoms with van der Waals surface area (Å²) in [6, 6.07) is 2.00. The van der Waals surface area contributed by atoms with E-state index in [-0.39, 0.29) is 11.9 Å². The second kappa shape index (κ2) is 11.1. The second-order valence-corrected chi connectivity index (χ2v) is 12.0. The Kier molecular flexibility index (Phi) is 9.85. The lowest BCUT2D eigenvalue weighted by Crippen LogP contribution is -2.24. The van der Waals surface area contributed by atoms with Gasteiger partial charge in [-0.25, -0.2) is 9.59 Å². The Morgan fingerprint density at radius 1 is 0.818 bits per heavy atom. The summed E-state index contributed by atoms with van der Waals surface area (Å²) >= 11 is 2.27. The van der Waals surface area contributed by atoms with E-state index in [0.717, 1.165) is 26.1 Å².